The van der Waals surface area contributed by atoms with Gasteiger partial charge in [-0.05, 0) is 60.6 Å². The zero-order valence-corrected chi connectivity index (χ0v) is 20.1. The first-order chi connectivity index (χ1) is 16.4. The predicted molar refractivity (Wildman–Crippen MR) is 130 cm³/mol. The first-order valence-corrected chi connectivity index (χ1v) is 11.6. The zero-order valence-electron chi connectivity index (χ0n) is 20.1. The Kier molecular flexibility index (Phi) is 6.97. The van der Waals surface area contributed by atoms with E-state index in [0.717, 1.165) is 41.6 Å². The lowest BCUT2D eigenvalue weighted by Gasteiger charge is -2.23. The van der Waals surface area contributed by atoms with E-state index in [9.17, 15) is 14.7 Å². The highest BCUT2D eigenvalue weighted by molar-refractivity contribution is 5.83. The van der Waals surface area contributed by atoms with Gasteiger partial charge >= 0.3 is 0 Å². The van der Waals surface area contributed by atoms with Gasteiger partial charge in [-0.25, -0.2) is 0 Å². The maximum atomic E-state index is 13.5. The highest BCUT2D eigenvalue weighted by Gasteiger charge is 2.31. The summed E-state index contributed by atoms with van der Waals surface area (Å²) >= 11 is 0. The van der Waals surface area contributed by atoms with E-state index in [-0.39, 0.29) is 30.0 Å². The number of nitrogens with zero attached hydrogens (tertiary/aromatic N) is 1. The maximum Gasteiger partial charge on any atom is 0.217 e. The van der Waals surface area contributed by atoms with Crippen LogP contribution in [0.15, 0.2) is 29.1 Å². The van der Waals surface area contributed by atoms with Crippen molar-refractivity contribution >= 4 is 11.6 Å². The van der Waals surface area contributed by atoms with E-state index < -0.39 is 0 Å². The van der Waals surface area contributed by atoms with Crippen LogP contribution in [-0.4, -0.2) is 51.5 Å². The average Bonchev–Trinajstić information content (AvgIpc) is 3.17. The lowest BCUT2D eigenvalue weighted by molar-refractivity contribution is -0.119. The third-order valence-electron chi connectivity index (χ3n) is 6.79. The SMILES string of the molecule is COc1cc2c(c(OC)c1OC)-c1ccc(N3CCC[C@@H]3CO)c(=O)cc1C(NC(C)=O)CC2. The average molecular weight is 469 g/mol. The third kappa shape index (κ3) is 4.18. The van der Waals surface area contributed by atoms with E-state index in [2.05, 4.69) is 5.32 Å². The molecule has 2 aliphatic rings. The van der Waals surface area contributed by atoms with Crippen molar-refractivity contribution in [3.05, 3.63) is 45.6 Å². The molecule has 4 rings (SSSR count). The molecule has 1 saturated heterocycles. The van der Waals surface area contributed by atoms with Crippen LogP contribution in [0.4, 0.5) is 5.69 Å². The van der Waals surface area contributed by atoms with E-state index in [4.69, 9.17) is 14.2 Å². The van der Waals surface area contributed by atoms with Crippen LogP contribution in [0.3, 0.4) is 0 Å². The largest absolute Gasteiger partial charge is 0.493 e. The van der Waals surface area contributed by atoms with Crippen molar-refractivity contribution in [3.63, 3.8) is 0 Å². The fraction of sp³-hybridized carbons (Fsp3) is 0.462. The normalized spacial score (nSPS) is 19.0. The van der Waals surface area contributed by atoms with E-state index >= 15 is 0 Å². The molecule has 0 radical (unpaired) electrons. The summed E-state index contributed by atoms with van der Waals surface area (Å²) in [6.45, 7) is 2.20. The highest BCUT2D eigenvalue weighted by atomic mass is 16.5. The zero-order chi connectivity index (χ0) is 24.4. The van der Waals surface area contributed by atoms with Crippen molar-refractivity contribution in [1.82, 2.24) is 5.32 Å². The first kappa shape index (κ1) is 23.9. The first-order valence-electron chi connectivity index (χ1n) is 11.6. The summed E-state index contributed by atoms with van der Waals surface area (Å²) in [6.07, 6.45) is 3.02. The van der Waals surface area contributed by atoms with Gasteiger partial charge in [-0.2, -0.15) is 0 Å². The lowest BCUT2D eigenvalue weighted by Crippen LogP contribution is -2.34. The Morgan fingerprint density at radius 3 is 2.53 bits per heavy atom. The smallest absolute Gasteiger partial charge is 0.217 e. The van der Waals surface area contributed by atoms with Gasteiger partial charge in [0, 0.05) is 19.0 Å². The second-order valence-electron chi connectivity index (χ2n) is 8.74. The molecule has 0 bridgehead atoms. The number of benzene rings is 1. The van der Waals surface area contributed by atoms with E-state index in [0.29, 0.717) is 35.8 Å². The predicted octanol–water partition coefficient (Wildman–Crippen LogP) is 2.82. The number of aryl methyl sites for hydroxylation is 1. The molecule has 34 heavy (non-hydrogen) atoms. The molecule has 1 heterocycles. The number of hydrogen-bond acceptors (Lipinski definition) is 7. The van der Waals surface area contributed by atoms with Crippen molar-refractivity contribution in [2.75, 3.05) is 39.4 Å². The molecule has 1 aliphatic heterocycles. The third-order valence-corrected chi connectivity index (χ3v) is 6.79. The Balaban J connectivity index is 2.01. The summed E-state index contributed by atoms with van der Waals surface area (Å²) < 4.78 is 17.0. The van der Waals surface area contributed by atoms with Gasteiger partial charge in [0.2, 0.25) is 17.1 Å². The van der Waals surface area contributed by atoms with Crippen molar-refractivity contribution in [1.29, 1.82) is 0 Å². The summed E-state index contributed by atoms with van der Waals surface area (Å²) in [6, 6.07) is 6.89. The van der Waals surface area contributed by atoms with Crippen LogP contribution in [0.5, 0.6) is 17.2 Å². The minimum absolute atomic E-state index is 0.0000698. The topological polar surface area (TPSA) is 97.3 Å². The molecule has 1 fully saturated rings. The second-order valence-corrected chi connectivity index (χ2v) is 8.74. The Morgan fingerprint density at radius 1 is 1.12 bits per heavy atom. The fourth-order valence-corrected chi connectivity index (χ4v) is 5.28. The Bertz CT molecular complexity index is 1150. The monoisotopic (exact) mass is 468 g/mol. The molecule has 8 nitrogen and oxygen atoms in total. The summed E-state index contributed by atoms with van der Waals surface area (Å²) in [7, 11) is 4.72. The molecule has 0 aromatic heterocycles. The number of nitrogens with one attached hydrogen (secondary N) is 1. The highest BCUT2D eigenvalue weighted by Crippen LogP contribution is 2.50. The molecule has 2 atom stereocenters. The Morgan fingerprint density at radius 2 is 1.88 bits per heavy atom. The van der Waals surface area contributed by atoms with Gasteiger partial charge in [-0.1, -0.05) is 6.07 Å². The van der Waals surface area contributed by atoms with Gasteiger partial charge in [0.25, 0.3) is 0 Å². The van der Waals surface area contributed by atoms with Crippen molar-refractivity contribution in [2.45, 2.75) is 44.7 Å². The number of rotatable bonds is 6. The van der Waals surface area contributed by atoms with Crippen LogP contribution < -0.4 is 29.9 Å². The summed E-state index contributed by atoms with van der Waals surface area (Å²) in [4.78, 5) is 27.5. The number of carbonyl (C=O) groups excluding carboxylic acids is 1. The molecule has 1 amide bonds. The molecule has 182 valence electrons. The number of carbonyl (C=O) groups is 1. The van der Waals surface area contributed by atoms with Crippen LogP contribution in [0.1, 0.15) is 43.4 Å². The van der Waals surface area contributed by atoms with E-state index in [1.54, 1.807) is 27.4 Å². The van der Waals surface area contributed by atoms with Crippen molar-refractivity contribution in [3.8, 4) is 28.4 Å². The molecular weight excluding hydrogens is 436 g/mol. The Hall–Kier alpha value is -3.26. The molecule has 8 heteroatoms. The van der Waals surface area contributed by atoms with Crippen molar-refractivity contribution in [2.24, 2.45) is 0 Å². The van der Waals surface area contributed by atoms with Gasteiger partial charge in [-0.3, -0.25) is 9.59 Å². The van der Waals surface area contributed by atoms with E-state index in [1.807, 2.05) is 23.1 Å². The number of ether oxygens (including phenoxy) is 3. The molecule has 2 aromatic carbocycles. The van der Waals surface area contributed by atoms with Gasteiger partial charge in [0.05, 0.1) is 45.7 Å². The lowest BCUT2D eigenvalue weighted by atomic mass is 9.95. The molecule has 1 unspecified atom stereocenters. The van der Waals surface area contributed by atoms with Crippen LogP contribution in [0.25, 0.3) is 11.1 Å². The minimum atomic E-state index is -0.346. The van der Waals surface area contributed by atoms with Gasteiger partial charge < -0.3 is 29.5 Å². The van der Waals surface area contributed by atoms with Crippen molar-refractivity contribution < 1.29 is 24.1 Å². The number of hydrogen-bond donors (Lipinski definition) is 2. The summed E-state index contributed by atoms with van der Waals surface area (Å²) in [5.74, 6) is 1.40. The molecule has 2 N–H and O–H groups in total. The van der Waals surface area contributed by atoms with Crippen LogP contribution in [-0.2, 0) is 11.2 Å². The van der Waals surface area contributed by atoms with Gasteiger partial charge in [0.15, 0.2) is 11.5 Å². The quantitative estimate of drug-likeness (QED) is 0.673. The standard InChI is InChI=1S/C26H32N2O6/c1-15(30)27-20-9-7-16-12-23(32-2)25(33-3)26(34-4)24(16)18-8-10-21(22(31)13-19(18)20)28-11-5-6-17(28)14-29/h8,10,12-13,17,20,29H,5-7,9,11,14H2,1-4H3,(H,27,30)/t17-,20?/m1/s1. The number of anilines is 1. The maximum absolute atomic E-state index is 13.5. The second kappa shape index (κ2) is 9.93. The minimum Gasteiger partial charge on any atom is -0.493 e. The van der Waals surface area contributed by atoms with Crippen LogP contribution >= 0.6 is 0 Å². The van der Waals surface area contributed by atoms with Crippen LogP contribution in [0, 0.1) is 0 Å². The molecular formula is C26H32N2O6. The number of fused-ring (bicyclic) bond motifs is 3. The van der Waals surface area contributed by atoms with Gasteiger partial charge in [-0.15, -0.1) is 0 Å². The summed E-state index contributed by atoms with van der Waals surface area (Å²) in [5.41, 5.74) is 3.75. The number of aliphatic hydroxyl groups is 1. The number of methoxy groups -OCH3 is 3. The molecule has 0 saturated carbocycles. The fourth-order valence-electron chi connectivity index (χ4n) is 5.28. The Labute approximate surface area is 199 Å². The molecule has 2 aromatic rings. The van der Waals surface area contributed by atoms with Gasteiger partial charge in [0.1, 0.15) is 0 Å². The number of aliphatic hydroxyl groups excluding tert-OH is 1. The summed E-state index contributed by atoms with van der Waals surface area (Å²) in [5, 5.41) is 12.8. The van der Waals surface area contributed by atoms with E-state index in [1.165, 1.54) is 6.92 Å². The number of amides is 1. The molecule has 0 spiro atoms. The molecule has 1 aliphatic carbocycles. The van der Waals surface area contributed by atoms with Crippen LogP contribution in [0.2, 0.25) is 0 Å².